The van der Waals surface area contributed by atoms with E-state index in [4.69, 9.17) is 4.74 Å². The highest BCUT2D eigenvalue weighted by atomic mass is 16.5. The Kier molecular flexibility index (Phi) is 11.1. The van der Waals surface area contributed by atoms with Gasteiger partial charge < -0.3 is 30.2 Å². The number of hydrogen-bond donors (Lipinski definition) is 3. The van der Waals surface area contributed by atoms with Gasteiger partial charge in [0.15, 0.2) is 0 Å². The molecule has 0 bridgehead atoms. The maximum atomic E-state index is 13.1. The fourth-order valence-corrected chi connectivity index (χ4v) is 8.03. The molecule has 6 rings (SSSR count). The van der Waals surface area contributed by atoms with Crippen LogP contribution in [-0.2, 0) is 16.7 Å². The number of morpholine rings is 1. The zero-order chi connectivity index (χ0) is 30.9. The average Bonchev–Trinajstić information content (AvgIpc) is 3.54. The fourth-order valence-electron chi connectivity index (χ4n) is 8.03. The first-order valence-electron chi connectivity index (χ1n) is 17.9. The van der Waals surface area contributed by atoms with E-state index in [9.17, 15) is 9.59 Å². The second kappa shape index (κ2) is 15.6. The highest BCUT2D eigenvalue weighted by Crippen LogP contribution is 2.39. The van der Waals surface area contributed by atoms with Crippen LogP contribution in [0.5, 0.6) is 0 Å². The van der Waals surface area contributed by atoms with E-state index >= 15 is 0 Å². The highest BCUT2D eigenvalue weighted by molar-refractivity contribution is 5.94. The predicted molar refractivity (Wildman–Crippen MR) is 178 cm³/mol. The SMILES string of the molecule is O=C(NCCCCC1CCN(C(=O)c2ccc(N3CCOCC3)nc2)CC1)c1cc2c([nH]1)CCNC21CCCCCCCCC1. The first-order chi connectivity index (χ1) is 22.1. The van der Waals surface area contributed by atoms with E-state index in [2.05, 4.69) is 31.6 Å². The lowest BCUT2D eigenvalue weighted by molar-refractivity contribution is 0.0685. The van der Waals surface area contributed by atoms with Crippen molar-refractivity contribution in [2.45, 2.75) is 102 Å². The van der Waals surface area contributed by atoms with Gasteiger partial charge in [0.05, 0.1) is 18.8 Å². The van der Waals surface area contributed by atoms with Gasteiger partial charge in [0.1, 0.15) is 11.5 Å². The van der Waals surface area contributed by atoms with Crippen LogP contribution in [0.1, 0.15) is 122 Å². The summed E-state index contributed by atoms with van der Waals surface area (Å²) in [4.78, 5) is 38.5. The van der Waals surface area contributed by atoms with Crippen LogP contribution in [-0.4, -0.2) is 79.2 Å². The third-order valence-corrected chi connectivity index (χ3v) is 10.8. The standard InChI is InChI=1S/C36H54N6O3/c43-34(32-26-30-31(40-32)13-19-39-36(30)16-7-4-2-1-3-5-8-17-36)37-18-9-6-10-28-14-20-42(21-15-28)35(44)29-11-12-33(38-27-29)41-22-24-45-25-23-41/h11-12,26-28,39-40H,1-10,13-25H2,(H,37,43). The molecule has 2 saturated heterocycles. The van der Waals surface area contributed by atoms with Gasteiger partial charge in [-0.2, -0.15) is 0 Å². The van der Waals surface area contributed by atoms with Gasteiger partial charge in [-0.15, -0.1) is 0 Å². The van der Waals surface area contributed by atoms with Crippen molar-refractivity contribution in [1.82, 2.24) is 25.5 Å². The molecule has 3 N–H and O–H groups in total. The number of amides is 2. The molecule has 2 amide bonds. The van der Waals surface area contributed by atoms with Crippen LogP contribution in [0.4, 0.5) is 5.82 Å². The minimum atomic E-state index is 0.0266. The predicted octanol–water partition coefficient (Wildman–Crippen LogP) is 5.56. The van der Waals surface area contributed by atoms with Gasteiger partial charge in [-0.1, -0.05) is 57.8 Å². The lowest BCUT2D eigenvalue weighted by Crippen LogP contribution is -2.47. The molecular weight excluding hydrogens is 564 g/mol. The van der Waals surface area contributed by atoms with E-state index in [0.29, 0.717) is 18.0 Å². The van der Waals surface area contributed by atoms with Crippen molar-refractivity contribution >= 4 is 17.6 Å². The largest absolute Gasteiger partial charge is 0.378 e. The van der Waals surface area contributed by atoms with Crippen LogP contribution in [0.25, 0.3) is 0 Å². The lowest BCUT2D eigenvalue weighted by Gasteiger charge is -2.39. The fraction of sp³-hybridized carbons (Fsp3) is 0.694. The minimum Gasteiger partial charge on any atom is -0.378 e. The molecular formula is C36H54N6O3. The summed E-state index contributed by atoms with van der Waals surface area (Å²) in [5, 5.41) is 7.08. The number of hydrogen-bond acceptors (Lipinski definition) is 6. The number of nitrogens with one attached hydrogen (secondary N) is 3. The molecule has 3 fully saturated rings. The van der Waals surface area contributed by atoms with Gasteiger partial charge in [-0.25, -0.2) is 4.98 Å². The number of aromatic amines is 1. The summed E-state index contributed by atoms with van der Waals surface area (Å²) in [5.74, 6) is 1.67. The first kappa shape index (κ1) is 32.0. The zero-order valence-corrected chi connectivity index (χ0v) is 27.2. The Morgan fingerprint density at radius 2 is 1.69 bits per heavy atom. The van der Waals surface area contributed by atoms with Crippen LogP contribution >= 0.6 is 0 Å². The molecule has 0 unspecified atom stereocenters. The Morgan fingerprint density at radius 3 is 2.40 bits per heavy atom. The number of H-pyrrole nitrogens is 1. The molecule has 3 aliphatic heterocycles. The summed E-state index contributed by atoms with van der Waals surface area (Å²) in [6.45, 7) is 6.43. The molecule has 0 radical (unpaired) electrons. The molecule has 9 nitrogen and oxygen atoms in total. The maximum Gasteiger partial charge on any atom is 0.267 e. The van der Waals surface area contributed by atoms with Gasteiger partial charge in [0.2, 0.25) is 0 Å². The summed E-state index contributed by atoms with van der Waals surface area (Å²) in [7, 11) is 0. The van der Waals surface area contributed by atoms with Gasteiger partial charge >= 0.3 is 0 Å². The normalized spacial score (nSPS) is 21.3. The van der Waals surface area contributed by atoms with Crippen LogP contribution in [0.3, 0.4) is 0 Å². The summed E-state index contributed by atoms with van der Waals surface area (Å²) in [6.07, 6.45) is 19.6. The van der Waals surface area contributed by atoms with Gasteiger partial charge in [0.25, 0.3) is 11.8 Å². The number of aromatic nitrogens is 2. The van der Waals surface area contributed by atoms with E-state index in [1.165, 1.54) is 69.0 Å². The van der Waals surface area contributed by atoms with Gasteiger partial charge in [0, 0.05) is 63.1 Å². The third kappa shape index (κ3) is 8.09. The number of likely N-dealkylation sites (tertiary alicyclic amines) is 1. The van der Waals surface area contributed by atoms with Crippen molar-refractivity contribution in [3.63, 3.8) is 0 Å². The molecule has 0 aromatic carbocycles. The number of piperidine rings is 1. The molecule has 45 heavy (non-hydrogen) atoms. The van der Waals surface area contributed by atoms with Crippen LogP contribution < -0.4 is 15.5 Å². The van der Waals surface area contributed by atoms with E-state index in [-0.39, 0.29) is 17.4 Å². The summed E-state index contributed by atoms with van der Waals surface area (Å²) in [6, 6.07) is 6.04. The number of unbranched alkanes of at least 4 members (excludes halogenated alkanes) is 1. The van der Waals surface area contributed by atoms with E-state index in [1.807, 2.05) is 17.0 Å². The maximum absolute atomic E-state index is 13.1. The number of ether oxygens (including phenoxy) is 1. The lowest BCUT2D eigenvalue weighted by atomic mass is 9.77. The number of fused-ring (bicyclic) bond motifs is 2. The van der Waals surface area contributed by atoms with Crippen molar-refractivity contribution < 1.29 is 14.3 Å². The Bertz CT molecular complexity index is 1240. The van der Waals surface area contributed by atoms with Gasteiger partial charge in [-0.05, 0) is 61.8 Å². The quantitative estimate of drug-likeness (QED) is 0.335. The Hall–Kier alpha value is -2.91. The van der Waals surface area contributed by atoms with Crippen LogP contribution in [0.2, 0.25) is 0 Å². The Balaban J connectivity index is 0.905. The van der Waals surface area contributed by atoms with Crippen LogP contribution in [0.15, 0.2) is 24.4 Å². The highest BCUT2D eigenvalue weighted by Gasteiger charge is 2.37. The minimum absolute atomic E-state index is 0.0266. The molecule has 4 aliphatic rings. The van der Waals surface area contributed by atoms with Gasteiger partial charge in [-0.3, -0.25) is 9.59 Å². The van der Waals surface area contributed by atoms with Crippen LogP contribution in [0, 0.1) is 5.92 Å². The van der Waals surface area contributed by atoms with E-state index in [1.54, 1.807) is 6.20 Å². The molecule has 1 saturated carbocycles. The second-order valence-corrected chi connectivity index (χ2v) is 13.8. The van der Waals surface area contributed by atoms with E-state index < -0.39 is 0 Å². The third-order valence-electron chi connectivity index (χ3n) is 10.8. The van der Waals surface area contributed by atoms with Crippen molar-refractivity contribution in [2.75, 3.05) is 57.4 Å². The van der Waals surface area contributed by atoms with Crippen molar-refractivity contribution in [1.29, 1.82) is 0 Å². The number of nitrogens with zero attached hydrogens (tertiary/aromatic N) is 3. The molecule has 9 heteroatoms. The molecule has 5 heterocycles. The van der Waals surface area contributed by atoms with Crippen molar-refractivity contribution in [3.8, 4) is 0 Å². The zero-order valence-electron chi connectivity index (χ0n) is 27.2. The average molecular weight is 619 g/mol. The monoisotopic (exact) mass is 618 g/mol. The van der Waals surface area contributed by atoms with Crippen molar-refractivity contribution in [3.05, 3.63) is 46.9 Å². The number of rotatable bonds is 8. The molecule has 1 spiro atoms. The number of carbonyl (C=O) groups is 2. The summed E-state index contributed by atoms with van der Waals surface area (Å²) < 4.78 is 5.42. The number of anilines is 1. The molecule has 1 aliphatic carbocycles. The number of carbonyl (C=O) groups excluding carboxylic acids is 2. The van der Waals surface area contributed by atoms with E-state index in [0.717, 1.165) is 96.0 Å². The molecule has 2 aromatic heterocycles. The summed E-state index contributed by atoms with van der Waals surface area (Å²) >= 11 is 0. The molecule has 246 valence electrons. The molecule has 2 aromatic rings. The molecule has 0 atom stereocenters. The topological polar surface area (TPSA) is 103 Å². The van der Waals surface area contributed by atoms with Crippen molar-refractivity contribution in [2.24, 2.45) is 5.92 Å². The Morgan fingerprint density at radius 1 is 0.956 bits per heavy atom. The Labute approximate surface area is 269 Å². The number of pyridine rings is 1. The summed E-state index contributed by atoms with van der Waals surface area (Å²) in [5.41, 5.74) is 4.05. The second-order valence-electron chi connectivity index (χ2n) is 13.8. The first-order valence-corrected chi connectivity index (χ1v) is 17.9. The smallest absolute Gasteiger partial charge is 0.267 e.